The zero-order valence-electron chi connectivity index (χ0n) is 8.57. The molecule has 0 saturated carbocycles. The molecule has 0 radical (unpaired) electrons. The van der Waals surface area contributed by atoms with Crippen LogP contribution in [0.15, 0.2) is 15.7 Å². The Bertz CT molecular complexity index is 393. The van der Waals surface area contributed by atoms with Crippen molar-refractivity contribution in [3.63, 3.8) is 0 Å². The summed E-state index contributed by atoms with van der Waals surface area (Å²) in [6, 6.07) is 2.22. The lowest BCUT2D eigenvalue weighted by Gasteiger charge is -2.07. The molecule has 0 aliphatic heterocycles. The molecule has 5 heteroatoms. The Morgan fingerprint density at radius 2 is 2.14 bits per heavy atom. The second kappa shape index (κ2) is 4.42. The number of nitrogens with one attached hydrogen (secondary N) is 1. The van der Waals surface area contributed by atoms with Crippen molar-refractivity contribution in [1.82, 2.24) is 5.32 Å². The quantitative estimate of drug-likeness (QED) is 0.860. The normalized spacial score (nSPS) is 12.3. The van der Waals surface area contributed by atoms with Crippen molar-refractivity contribution in [2.75, 3.05) is 6.26 Å². The van der Waals surface area contributed by atoms with Crippen molar-refractivity contribution in [3.05, 3.63) is 17.0 Å². The summed E-state index contributed by atoms with van der Waals surface area (Å²) in [5.74, 6) is 0. The molecule has 1 rings (SSSR count). The summed E-state index contributed by atoms with van der Waals surface area (Å²) in [6.07, 6.45) is 1.25. The molecule has 0 amide bonds. The third-order valence-electron chi connectivity index (χ3n) is 1.74. The minimum Gasteiger partial charge on any atom is -0.310 e. The maximum atomic E-state index is 11.3. The number of thiophene rings is 1. The standard InChI is InChI=1S/C9H15NO2S2/c1-7(2)10-6-8-4-5-13-9(8)14(3,11)12/h4-5,7,10H,6H2,1-3H3. The number of rotatable bonds is 4. The van der Waals surface area contributed by atoms with E-state index in [1.807, 2.05) is 25.3 Å². The fraction of sp³-hybridized carbons (Fsp3) is 0.556. The van der Waals surface area contributed by atoms with E-state index >= 15 is 0 Å². The highest BCUT2D eigenvalue weighted by atomic mass is 32.2. The molecule has 1 N–H and O–H groups in total. The largest absolute Gasteiger partial charge is 0.310 e. The van der Waals surface area contributed by atoms with E-state index in [0.717, 1.165) is 5.56 Å². The van der Waals surface area contributed by atoms with E-state index in [4.69, 9.17) is 0 Å². The molecule has 0 aromatic carbocycles. The van der Waals surface area contributed by atoms with Gasteiger partial charge in [0.15, 0.2) is 9.84 Å². The van der Waals surface area contributed by atoms with Gasteiger partial charge in [-0.25, -0.2) is 8.42 Å². The maximum Gasteiger partial charge on any atom is 0.185 e. The van der Waals surface area contributed by atoms with Crippen molar-refractivity contribution in [2.24, 2.45) is 0 Å². The minimum atomic E-state index is -3.06. The molecule has 0 unspecified atom stereocenters. The van der Waals surface area contributed by atoms with Crippen molar-refractivity contribution >= 4 is 21.2 Å². The molecule has 1 aromatic heterocycles. The average Bonchev–Trinajstić information content (AvgIpc) is 2.46. The Balaban J connectivity index is 2.84. The molecule has 0 fully saturated rings. The van der Waals surface area contributed by atoms with E-state index in [9.17, 15) is 8.42 Å². The van der Waals surface area contributed by atoms with Gasteiger partial charge in [-0.2, -0.15) is 0 Å². The van der Waals surface area contributed by atoms with Gasteiger partial charge in [0.05, 0.1) is 0 Å². The van der Waals surface area contributed by atoms with Gasteiger partial charge in [-0.05, 0) is 17.0 Å². The molecular weight excluding hydrogens is 218 g/mol. The molecule has 1 aromatic rings. The van der Waals surface area contributed by atoms with E-state index in [2.05, 4.69) is 5.32 Å². The van der Waals surface area contributed by atoms with Crippen LogP contribution in [0.2, 0.25) is 0 Å². The highest BCUT2D eigenvalue weighted by Gasteiger charge is 2.14. The van der Waals surface area contributed by atoms with E-state index in [-0.39, 0.29) is 0 Å². The molecule has 80 valence electrons. The molecule has 0 spiro atoms. The third kappa shape index (κ3) is 3.08. The van der Waals surface area contributed by atoms with Gasteiger partial charge in [-0.3, -0.25) is 0 Å². The molecule has 0 aliphatic rings. The number of hydrogen-bond donors (Lipinski definition) is 1. The van der Waals surface area contributed by atoms with E-state index in [1.165, 1.54) is 17.6 Å². The average molecular weight is 233 g/mol. The lowest BCUT2D eigenvalue weighted by Crippen LogP contribution is -2.22. The summed E-state index contributed by atoms with van der Waals surface area (Å²) in [6.45, 7) is 4.68. The first-order chi connectivity index (χ1) is 6.41. The highest BCUT2D eigenvalue weighted by molar-refractivity contribution is 7.92. The van der Waals surface area contributed by atoms with Crippen LogP contribution in [0.5, 0.6) is 0 Å². The molecule has 1 heterocycles. The molecule has 0 bridgehead atoms. The van der Waals surface area contributed by atoms with Crippen LogP contribution in [0.3, 0.4) is 0 Å². The zero-order valence-corrected chi connectivity index (χ0v) is 10.2. The highest BCUT2D eigenvalue weighted by Crippen LogP contribution is 2.22. The van der Waals surface area contributed by atoms with Crippen LogP contribution in [-0.4, -0.2) is 20.7 Å². The Kier molecular flexibility index (Phi) is 3.69. The Morgan fingerprint density at radius 1 is 1.50 bits per heavy atom. The van der Waals surface area contributed by atoms with Crippen LogP contribution >= 0.6 is 11.3 Å². The van der Waals surface area contributed by atoms with Crippen LogP contribution in [0.25, 0.3) is 0 Å². The van der Waals surface area contributed by atoms with Crippen molar-refractivity contribution in [2.45, 2.75) is 30.6 Å². The van der Waals surface area contributed by atoms with Gasteiger partial charge in [-0.15, -0.1) is 11.3 Å². The van der Waals surface area contributed by atoms with Gasteiger partial charge >= 0.3 is 0 Å². The van der Waals surface area contributed by atoms with Gasteiger partial charge in [0.25, 0.3) is 0 Å². The SMILES string of the molecule is CC(C)NCc1ccsc1S(C)(=O)=O. The second-order valence-corrected chi connectivity index (χ2v) is 6.67. The fourth-order valence-corrected chi connectivity index (χ4v) is 3.22. The Morgan fingerprint density at radius 3 is 2.64 bits per heavy atom. The van der Waals surface area contributed by atoms with Gasteiger partial charge in [0.2, 0.25) is 0 Å². The lowest BCUT2D eigenvalue weighted by molar-refractivity contribution is 0.580. The van der Waals surface area contributed by atoms with Crippen LogP contribution in [0.1, 0.15) is 19.4 Å². The molecule has 3 nitrogen and oxygen atoms in total. The lowest BCUT2D eigenvalue weighted by atomic mass is 10.3. The topological polar surface area (TPSA) is 46.2 Å². The minimum absolute atomic E-state index is 0.363. The number of hydrogen-bond acceptors (Lipinski definition) is 4. The number of sulfone groups is 1. The van der Waals surface area contributed by atoms with Gasteiger partial charge in [0.1, 0.15) is 4.21 Å². The molecule has 14 heavy (non-hydrogen) atoms. The van der Waals surface area contributed by atoms with Crippen LogP contribution < -0.4 is 5.32 Å². The first-order valence-electron chi connectivity index (χ1n) is 4.41. The molecule has 0 aliphatic carbocycles. The summed E-state index contributed by atoms with van der Waals surface area (Å²) >= 11 is 1.28. The monoisotopic (exact) mass is 233 g/mol. The van der Waals surface area contributed by atoms with Crippen molar-refractivity contribution < 1.29 is 8.42 Å². The zero-order chi connectivity index (χ0) is 10.8. The fourth-order valence-electron chi connectivity index (χ4n) is 1.09. The van der Waals surface area contributed by atoms with E-state index in [0.29, 0.717) is 16.8 Å². The first-order valence-corrected chi connectivity index (χ1v) is 7.18. The summed E-state index contributed by atoms with van der Waals surface area (Å²) in [5.41, 5.74) is 0.867. The molecule has 0 atom stereocenters. The predicted molar refractivity (Wildman–Crippen MR) is 59.4 cm³/mol. The smallest absolute Gasteiger partial charge is 0.185 e. The summed E-state index contributed by atoms with van der Waals surface area (Å²) in [5, 5.41) is 5.02. The Hall–Kier alpha value is -0.390. The predicted octanol–water partition coefficient (Wildman–Crippen LogP) is 1.65. The summed E-state index contributed by atoms with van der Waals surface area (Å²) in [7, 11) is -3.06. The summed E-state index contributed by atoms with van der Waals surface area (Å²) < 4.78 is 23.2. The van der Waals surface area contributed by atoms with Crippen LogP contribution in [-0.2, 0) is 16.4 Å². The van der Waals surface area contributed by atoms with Gasteiger partial charge < -0.3 is 5.32 Å². The second-order valence-electron chi connectivity index (χ2n) is 3.54. The molecule has 0 saturated heterocycles. The Labute approximate surface area is 89.1 Å². The van der Waals surface area contributed by atoms with E-state index < -0.39 is 9.84 Å². The van der Waals surface area contributed by atoms with Gasteiger partial charge in [0, 0.05) is 18.8 Å². The first kappa shape index (κ1) is 11.7. The van der Waals surface area contributed by atoms with Crippen molar-refractivity contribution in [3.8, 4) is 0 Å². The van der Waals surface area contributed by atoms with Gasteiger partial charge in [-0.1, -0.05) is 13.8 Å². The van der Waals surface area contributed by atoms with E-state index in [1.54, 1.807) is 0 Å². The van der Waals surface area contributed by atoms with Crippen LogP contribution in [0, 0.1) is 0 Å². The summed E-state index contributed by atoms with van der Waals surface area (Å²) in [4.78, 5) is 0. The molecular formula is C9H15NO2S2. The third-order valence-corrected chi connectivity index (χ3v) is 4.63. The maximum absolute atomic E-state index is 11.3. The van der Waals surface area contributed by atoms with Crippen LogP contribution in [0.4, 0.5) is 0 Å². The van der Waals surface area contributed by atoms with Crippen molar-refractivity contribution in [1.29, 1.82) is 0 Å².